The summed E-state index contributed by atoms with van der Waals surface area (Å²) in [5.74, 6) is 2.70. The van der Waals surface area contributed by atoms with Crippen LogP contribution in [0, 0.1) is 5.41 Å². The topological polar surface area (TPSA) is 85.6 Å². The number of methoxy groups -OCH3 is 1. The molecule has 0 amide bonds. The molecule has 164 valence electrons. The zero-order chi connectivity index (χ0) is 20.9. The van der Waals surface area contributed by atoms with Gasteiger partial charge < -0.3 is 20.1 Å². The van der Waals surface area contributed by atoms with Crippen LogP contribution in [0.3, 0.4) is 0 Å². The second-order valence-electron chi connectivity index (χ2n) is 8.73. The molecule has 3 atom stereocenters. The number of rotatable bonds is 9. The predicted molar refractivity (Wildman–Crippen MR) is 114 cm³/mol. The lowest BCUT2D eigenvalue weighted by atomic mass is 9.64. The summed E-state index contributed by atoms with van der Waals surface area (Å²) in [5.41, 5.74) is 0.102. The molecule has 1 aromatic heterocycles. The van der Waals surface area contributed by atoms with E-state index < -0.39 is 0 Å². The minimum Gasteiger partial charge on any atom is -0.378 e. The van der Waals surface area contributed by atoms with Crippen molar-refractivity contribution >= 4 is 5.96 Å². The molecule has 1 aliphatic heterocycles. The number of aryl methyl sites for hydroxylation is 1. The van der Waals surface area contributed by atoms with Crippen molar-refractivity contribution in [3.63, 3.8) is 0 Å². The molecular formula is C21H38N6O2. The molecule has 1 aromatic rings. The van der Waals surface area contributed by atoms with Crippen LogP contribution in [0.15, 0.2) is 4.99 Å². The number of hydrogen-bond donors (Lipinski definition) is 2. The Labute approximate surface area is 174 Å². The SMILES string of the molecule is CCCCOC1CC(NC(=NCC)NC2CCc3nc(COC)nn3C2)C1(C)C. The number of hydrogen-bond acceptors (Lipinski definition) is 5. The zero-order valence-corrected chi connectivity index (χ0v) is 18.7. The maximum atomic E-state index is 6.09. The molecular weight excluding hydrogens is 368 g/mol. The summed E-state index contributed by atoms with van der Waals surface area (Å²) in [7, 11) is 1.67. The van der Waals surface area contributed by atoms with Gasteiger partial charge >= 0.3 is 0 Å². The Bertz CT molecular complexity index is 687. The largest absolute Gasteiger partial charge is 0.378 e. The van der Waals surface area contributed by atoms with Gasteiger partial charge in [-0.3, -0.25) is 4.99 Å². The van der Waals surface area contributed by atoms with E-state index in [4.69, 9.17) is 9.47 Å². The highest BCUT2D eigenvalue weighted by atomic mass is 16.5. The number of ether oxygens (including phenoxy) is 2. The fourth-order valence-corrected chi connectivity index (χ4v) is 4.10. The zero-order valence-electron chi connectivity index (χ0n) is 18.7. The van der Waals surface area contributed by atoms with Gasteiger partial charge in [0.25, 0.3) is 0 Å². The molecule has 0 aromatic carbocycles. The van der Waals surface area contributed by atoms with Crippen LogP contribution in [0.2, 0.25) is 0 Å². The minimum atomic E-state index is 0.102. The van der Waals surface area contributed by atoms with Crippen molar-refractivity contribution in [3.05, 3.63) is 11.6 Å². The minimum absolute atomic E-state index is 0.102. The molecule has 0 saturated heterocycles. The molecule has 1 saturated carbocycles. The highest BCUT2D eigenvalue weighted by Crippen LogP contribution is 2.42. The van der Waals surface area contributed by atoms with E-state index in [1.165, 1.54) is 6.42 Å². The number of unbranched alkanes of at least 4 members (excludes halogenated alkanes) is 1. The first-order valence-electron chi connectivity index (χ1n) is 11.1. The van der Waals surface area contributed by atoms with E-state index in [0.29, 0.717) is 18.8 Å². The summed E-state index contributed by atoms with van der Waals surface area (Å²) in [6.45, 7) is 11.7. The molecule has 2 N–H and O–H groups in total. The number of aromatic nitrogens is 3. The molecule has 2 aliphatic rings. The highest BCUT2D eigenvalue weighted by Gasteiger charge is 2.49. The Morgan fingerprint density at radius 2 is 2.14 bits per heavy atom. The Hall–Kier alpha value is -1.67. The highest BCUT2D eigenvalue weighted by molar-refractivity contribution is 5.80. The van der Waals surface area contributed by atoms with E-state index in [0.717, 1.165) is 63.0 Å². The number of aliphatic imine (C=N–C) groups is 1. The second kappa shape index (κ2) is 9.89. The third kappa shape index (κ3) is 5.28. The fraction of sp³-hybridized carbons (Fsp3) is 0.857. The first kappa shape index (κ1) is 22.0. The average molecular weight is 407 g/mol. The van der Waals surface area contributed by atoms with Crippen LogP contribution in [-0.4, -0.2) is 59.2 Å². The van der Waals surface area contributed by atoms with E-state index in [2.05, 4.69) is 53.4 Å². The first-order chi connectivity index (χ1) is 14.0. The lowest BCUT2D eigenvalue weighted by Gasteiger charge is -2.52. The molecule has 3 unspecified atom stereocenters. The van der Waals surface area contributed by atoms with Crippen LogP contribution < -0.4 is 10.6 Å². The maximum Gasteiger partial charge on any atom is 0.191 e. The van der Waals surface area contributed by atoms with Crippen molar-refractivity contribution in [1.82, 2.24) is 25.4 Å². The Kier molecular flexibility index (Phi) is 7.51. The molecule has 0 spiro atoms. The summed E-state index contributed by atoms with van der Waals surface area (Å²) < 4.78 is 13.2. The molecule has 3 rings (SSSR count). The van der Waals surface area contributed by atoms with Crippen molar-refractivity contribution in [2.75, 3.05) is 20.3 Å². The average Bonchev–Trinajstić information content (AvgIpc) is 3.08. The van der Waals surface area contributed by atoms with Gasteiger partial charge in [-0.15, -0.1) is 0 Å². The number of guanidine groups is 1. The molecule has 1 fully saturated rings. The lowest BCUT2D eigenvalue weighted by molar-refractivity contribution is -0.113. The van der Waals surface area contributed by atoms with Gasteiger partial charge in [0, 0.05) is 44.2 Å². The van der Waals surface area contributed by atoms with E-state index in [1.54, 1.807) is 7.11 Å². The van der Waals surface area contributed by atoms with E-state index >= 15 is 0 Å². The third-order valence-corrected chi connectivity index (χ3v) is 6.14. The lowest BCUT2D eigenvalue weighted by Crippen LogP contribution is -2.64. The maximum absolute atomic E-state index is 6.09. The van der Waals surface area contributed by atoms with Crippen molar-refractivity contribution < 1.29 is 9.47 Å². The number of nitrogens with zero attached hydrogens (tertiary/aromatic N) is 4. The van der Waals surface area contributed by atoms with Crippen LogP contribution in [0.25, 0.3) is 0 Å². The Balaban J connectivity index is 1.54. The van der Waals surface area contributed by atoms with Crippen molar-refractivity contribution in [3.8, 4) is 0 Å². The van der Waals surface area contributed by atoms with Crippen molar-refractivity contribution in [2.45, 2.75) is 91.1 Å². The van der Waals surface area contributed by atoms with Gasteiger partial charge in [0.1, 0.15) is 12.4 Å². The smallest absolute Gasteiger partial charge is 0.191 e. The van der Waals surface area contributed by atoms with E-state index in [9.17, 15) is 0 Å². The molecule has 1 aliphatic carbocycles. The van der Waals surface area contributed by atoms with Crippen molar-refractivity contribution in [1.29, 1.82) is 0 Å². The van der Waals surface area contributed by atoms with E-state index in [-0.39, 0.29) is 11.5 Å². The van der Waals surface area contributed by atoms with Gasteiger partial charge in [-0.1, -0.05) is 27.2 Å². The van der Waals surface area contributed by atoms with Gasteiger partial charge in [-0.2, -0.15) is 5.10 Å². The molecule has 8 heteroatoms. The van der Waals surface area contributed by atoms with Crippen LogP contribution >= 0.6 is 0 Å². The summed E-state index contributed by atoms with van der Waals surface area (Å²) in [4.78, 5) is 9.24. The molecule has 29 heavy (non-hydrogen) atoms. The van der Waals surface area contributed by atoms with Gasteiger partial charge in [0.15, 0.2) is 11.8 Å². The molecule has 8 nitrogen and oxygen atoms in total. The monoisotopic (exact) mass is 406 g/mol. The van der Waals surface area contributed by atoms with Gasteiger partial charge in [-0.25, -0.2) is 9.67 Å². The van der Waals surface area contributed by atoms with Gasteiger partial charge in [0.05, 0.1) is 12.6 Å². The van der Waals surface area contributed by atoms with Gasteiger partial charge in [-0.05, 0) is 26.2 Å². The second-order valence-corrected chi connectivity index (χ2v) is 8.73. The van der Waals surface area contributed by atoms with Crippen molar-refractivity contribution in [2.24, 2.45) is 10.4 Å². The third-order valence-electron chi connectivity index (χ3n) is 6.14. The van der Waals surface area contributed by atoms with Crippen LogP contribution in [0.5, 0.6) is 0 Å². The van der Waals surface area contributed by atoms with E-state index in [1.807, 2.05) is 4.68 Å². The fourth-order valence-electron chi connectivity index (χ4n) is 4.10. The standard InChI is InChI=1S/C21H38N6O2/c1-6-8-11-29-17-12-16(21(17,3)4)24-20(22-7-2)23-15-9-10-19-25-18(14-28-5)26-27(19)13-15/h15-17H,6-14H2,1-5H3,(H2,22,23,24). The summed E-state index contributed by atoms with van der Waals surface area (Å²) in [5, 5.41) is 11.8. The number of nitrogens with one attached hydrogen (secondary N) is 2. The van der Waals surface area contributed by atoms with Crippen LogP contribution in [-0.2, 0) is 29.0 Å². The Morgan fingerprint density at radius 3 is 2.83 bits per heavy atom. The summed E-state index contributed by atoms with van der Waals surface area (Å²) in [6.07, 6.45) is 5.59. The van der Waals surface area contributed by atoms with Crippen LogP contribution in [0.4, 0.5) is 0 Å². The summed E-state index contributed by atoms with van der Waals surface area (Å²) >= 11 is 0. The predicted octanol–water partition coefficient (Wildman–Crippen LogP) is 2.28. The molecule has 2 heterocycles. The van der Waals surface area contributed by atoms with Crippen LogP contribution in [0.1, 0.15) is 65.0 Å². The first-order valence-corrected chi connectivity index (χ1v) is 11.1. The van der Waals surface area contributed by atoms with Gasteiger partial charge in [0.2, 0.25) is 0 Å². The summed E-state index contributed by atoms with van der Waals surface area (Å²) in [6, 6.07) is 0.655. The normalized spacial score (nSPS) is 26.0. The molecule has 0 radical (unpaired) electrons. The Morgan fingerprint density at radius 1 is 1.31 bits per heavy atom. The number of fused-ring (bicyclic) bond motifs is 1. The quantitative estimate of drug-likeness (QED) is 0.372. The molecule has 0 bridgehead atoms.